The highest BCUT2D eigenvalue weighted by Gasteiger charge is 2.10. The molecule has 0 N–H and O–H groups in total. The quantitative estimate of drug-likeness (QED) is 0.571. The first-order valence-electron chi connectivity index (χ1n) is 4.16. The lowest BCUT2D eigenvalue weighted by atomic mass is 10.1. The van der Waals surface area contributed by atoms with Gasteiger partial charge in [0.05, 0.1) is 5.56 Å². The molecular weight excluding hydrogens is 202 g/mol. The number of nitrogens with zero attached hydrogens (tertiary/aromatic N) is 1. The summed E-state index contributed by atoms with van der Waals surface area (Å²) in [6.45, 7) is 1.48. The van der Waals surface area contributed by atoms with Gasteiger partial charge in [-0.1, -0.05) is 11.6 Å². The van der Waals surface area contributed by atoms with E-state index in [1.165, 1.54) is 12.0 Å². The number of hydroxylamine groups is 2. The molecule has 0 aliphatic rings. The predicted octanol–water partition coefficient (Wildman–Crippen LogP) is 2.40. The zero-order valence-electron chi connectivity index (χ0n) is 8.37. The molecule has 0 saturated heterocycles. The van der Waals surface area contributed by atoms with Gasteiger partial charge < -0.3 is 4.84 Å². The van der Waals surface area contributed by atoms with E-state index in [4.69, 9.17) is 16.4 Å². The molecule has 0 aromatic heterocycles. The summed E-state index contributed by atoms with van der Waals surface area (Å²) < 4.78 is 0. The van der Waals surface area contributed by atoms with Crippen LogP contribution in [-0.4, -0.2) is 24.9 Å². The summed E-state index contributed by atoms with van der Waals surface area (Å²) in [6, 6.07) is 4.97. The van der Waals surface area contributed by atoms with Crippen LogP contribution >= 0.6 is 11.6 Å². The topological polar surface area (TPSA) is 29.5 Å². The van der Waals surface area contributed by atoms with Crippen molar-refractivity contribution in [2.24, 2.45) is 0 Å². The molecule has 1 rings (SSSR count). The van der Waals surface area contributed by atoms with Crippen molar-refractivity contribution < 1.29 is 9.63 Å². The van der Waals surface area contributed by atoms with Crippen LogP contribution in [0.2, 0.25) is 5.02 Å². The molecule has 76 valence electrons. The Labute approximate surface area is 88.2 Å². The van der Waals surface area contributed by atoms with Crippen LogP contribution in [0.5, 0.6) is 5.75 Å². The fourth-order valence-electron chi connectivity index (χ4n) is 1.05. The minimum atomic E-state index is -0.0654. The van der Waals surface area contributed by atoms with Crippen molar-refractivity contribution in [3.63, 3.8) is 0 Å². The van der Waals surface area contributed by atoms with E-state index in [-0.39, 0.29) is 5.78 Å². The minimum Gasteiger partial charge on any atom is -0.406 e. The van der Waals surface area contributed by atoms with E-state index in [0.29, 0.717) is 16.3 Å². The van der Waals surface area contributed by atoms with E-state index in [9.17, 15) is 4.79 Å². The summed E-state index contributed by atoms with van der Waals surface area (Å²) in [6.07, 6.45) is 0. The highest BCUT2D eigenvalue weighted by molar-refractivity contribution is 6.31. The Hall–Kier alpha value is -1.06. The van der Waals surface area contributed by atoms with Gasteiger partial charge in [-0.05, 0) is 25.1 Å². The van der Waals surface area contributed by atoms with Crippen molar-refractivity contribution in [3.05, 3.63) is 28.8 Å². The molecule has 0 saturated carbocycles. The Bertz CT molecular complexity index is 350. The fourth-order valence-corrected chi connectivity index (χ4v) is 1.23. The first kappa shape index (κ1) is 11.0. The van der Waals surface area contributed by atoms with Crippen LogP contribution in [0.1, 0.15) is 17.3 Å². The largest absolute Gasteiger partial charge is 0.406 e. The summed E-state index contributed by atoms with van der Waals surface area (Å²) in [5, 5.41) is 2.05. The molecule has 0 aliphatic carbocycles. The molecule has 4 heteroatoms. The molecule has 3 nitrogen and oxygen atoms in total. The number of halogens is 1. The Balaban J connectivity index is 3.08. The summed E-state index contributed by atoms with van der Waals surface area (Å²) in [4.78, 5) is 16.6. The molecule has 0 aliphatic heterocycles. The van der Waals surface area contributed by atoms with Crippen LogP contribution in [0.3, 0.4) is 0 Å². The number of benzene rings is 1. The number of hydrogen-bond acceptors (Lipinski definition) is 3. The summed E-state index contributed by atoms with van der Waals surface area (Å²) in [5.74, 6) is 0.455. The zero-order valence-corrected chi connectivity index (χ0v) is 9.13. The van der Waals surface area contributed by atoms with Gasteiger partial charge in [-0.2, -0.15) is 5.06 Å². The molecule has 0 bridgehead atoms. The van der Waals surface area contributed by atoms with E-state index in [0.717, 1.165) is 0 Å². The predicted molar refractivity (Wildman–Crippen MR) is 55.8 cm³/mol. The van der Waals surface area contributed by atoms with Crippen LogP contribution < -0.4 is 4.84 Å². The third-order valence-electron chi connectivity index (χ3n) is 1.60. The molecule has 1 aromatic rings. The monoisotopic (exact) mass is 213 g/mol. The maximum atomic E-state index is 11.2. The molecule has 0 radical (unpaired) electrons. The van der Waals surface area contributed by atoms with Gasteiger partial charge in [0.2, 0.25) is 0 Å². The number of hydrogen-bond donors (Lipinski definition) is 0. The summed E-state index contributed by atoms with van der Waals surface area (Å²) in [5.41, 5.74) is 0.492. The first-order valence-corrected chi connectivity index (χ1v) is 4.54. The van der Waals surface area contributed by atoms with Gasteiger partial charge in [-0.3, -0.25) is 4.79 Å². The molecule has 0 unspecified atom stereocenters. The number of rotatable bonds is 3. The average Bonchev–Trinajstić information content (AvgIpc) is 2.07. The normalized spacial score (nSPS) is 10.4. The molecule has 0 atom stereocenters. The van der Waals surface area contributed by atoms with Gasteiger partial charge in [0, 0.05) is 19.1 Å². The lowest BCUT2D eigenvalue weighted by Gasteiger charge is -2.14. The van der Waals surface area contributed by atoms with Crippen LogP contribution in [0, 0.1) is 0 Å². The van der Waals surface area contributed by atoms with Crippen LogP contribution in [0.15, 0.2) is 18.2 Å². The van der Waals surface area contributed by atoms with E-state index in [1.54, 1.807) is 32.3 Å². The standard InChI is InChI=1S/C10H12ClNO2/c1-7(13)9-6-8(11)4-5-10(9)14-12(2)3/h4-6H,1-3H3. The van der Waals surface area contributed by atoms with Gasteiger partial charge in [-0.25, -0.2) is 0 Å². The van der Waals surface area contributed by atoms with E-state index >= 15 is 0 Å². The highest BCUT2D eigenvalue weighted by Crippen LogP contribution is 2.23. The van der Waals surface area contributed by atoms with Crippen molar-refractivity contribution in [2.75, 3.05) is 14.1 Å². The Morgan fingerprint density at radius 3 is 2.57 bits per heavy atom. The average molecular weight is 214 g/mol. The van der Waals surface area contributed by atoms with E-state index in [1.807, 2.05) is 0 Å². The molecule has 0 heterocycles. The third kappa shape index (κ3) is 2.72. The van der Waals surface area contributed by atoms with Gasteiger partial charge in [0.1, 0.15) is 0 Å². The van der Waals surface area contributed by atoms with Crippen molar-refractivity contribution in [1.82, 2.24) is 5.06 Å². The number of Topliss-reactive ketones (excluding diaryl/α,β-unsaturated/α-hetero) is 1. The Morgan fingerprint density at radius 2 is 2.07 bits per heavy atom. The molecular formula is C10H12ClNO2. The fraction of sp³-hybridized carbons (Fsp3) is 0.300. The summed E-state index contributed by atoms with van der Waals surface area (Å²) in [7, 11) is 3.50. The number of ketones is 1. The second-order valence-electron chi connectivity index (χ2n) is 3.10. The van der Waals surface area contributed by atoms with Crippen molar-refractivity contribution in [3.8, 4) is 5.75 Å². The summed E-state index contributed by atoms with van der Waals surface area (Å²) >= 11 is 5.78. The maximum absolute atomic E-state index is 11.2. The Kier molecular flexibility index (Phi) is 3.49. The highest BCUT2D eigenvalue weighted by atomic mass is 35.5. The minimum absolute atomic E-state index is 0.0654. The maximum Gasteiger partial charge on any atom is 0.163 e. The van der Waals surface area contributed by atoms with Crippen molar-refractivity contribution in [2.45, 2.75) is 6.92 Å². The van der Waals surface area contributed by atoms with Gasteiger partial charge >= 0.3 is 0 Å². The molecule has 1 aromatic carbocycles. The number of carbonyl (C=O) groups excluding carboxylic acids is 1. The van der Waals surface area contributed by atoms with Gasteiger partial charge in [0.25, 0.3) is 0 Å². The molecule has 0 amide bonds. The molecule has 0 fully saturated rings. The van der Waals surface area contributed by atoms with Gasteiger partial charge in [-0.15, -0.1) is 0 Å². The smallest absolute Gasteiger partial charge is 0.163 e. The second-order valence-corrected chi connectivity index (χ2v) is 3.54. The van der Waals surface area contributed by atoms with Crippen molar-refractivity contribution >= 4 is 17.4 Å². The zero-order chi connectivity index (χ0) is 10.7. The lowest BCUT2D eigenvalue weighted by Crippen LogP contribution is -2.17. The third-order valence-corrected chi connectivity index (χ3v) is 1.84. The SMILES string of the molecule is CC(=O)c1cc(Cl)ccc1ON(C)C. The molecule has 0 spiro atoms. The second kappa shape index (κ2) is 4.44. The van der Waals surface area contributed by atoms with Crippen LogP contribution in [0.4, 0.5) is 0 Å². The number of carbonyl (C=O) groups is 1. The lowest BCUT2D eigenvalue weighted by molar-refractivity contribution is -0.00397. The van der Waals surface area contributed by atoms with Crippen LogP contribution in [0.25, 0.3) is 0 Å². The van der Waals surface area contributed by atoms with E-state index in [2.05, 4.69) is 0 Å². The van der Waals surface area contributed by atoms with E-state index < -0.39 is 0 Å². The van der Waals surface area contributed by atoms with Crippen molar-refractivity contribution in [1.29, 1.82) is 0 Å². The first-order chi connectivity index (χ1) is 6.50. The van der Waals surface area contributed by atoms with Crippen LogP contribution in [-0.2, 0) is 0 Å². The Morgan fingerprint density at radius 1 is 1.43 bits per heavy atom. The van der Waals surface area contributed by atoms with Gasteiger partial charge in [0.15, 0.2) is 11.5 Å². The molecule has 14 heavy (non-hydrogen) atoms.